The molecule has 0 radical (unpaired) electrons. The summed E-state index contributed by atoms with van der Waals surface area (Å²) in [6.07, 6.45) is 0. The molecule has 0 aliphatic rings. The summed E-state index contributed by atoms with van der Waals surface area (Å²) in [5.74, 6) is -1.33. The first-order valence-corrected chi connectivity index (χ1v) is 6.35. The van der Waals surface area contributed by atoms with Gasteiger partial charge in [-0.2, -0.15) is 0 Å². The van der Waals surface area contributed by atoms with Gasteiger partial charge in [0.2, 0.25) is 0 Å². The maximum absolute atomic E-state index is 9.59. The van der Waals surface area contributed by atoms with Crippen molar-refractivity contribution < 1.29 is 32.3 Å². The Morgan fingerprint density at radius 3 is 1.32 bits per heavy atom. The first-order valence-electron chi connectivity index (χ1n) is 6.35. The molecule has 0 bridgehead atoms. The van der Waals surface area contributed by atoms with Gasteiger partial charge < -0.3 is 24.6 Å². The molecule has 0 aromatic heterocycles. The van der Waals surface area contributed by atoms with Gasteiger partial charge in [0.1, 0.15) is 0 Å². The van der Waals surface area contributed by atoms with E-state index in [-0.39, 0.29) is 28.3 Å². The van der Waals surface area contributed by atoms with Crippen molar-refractivity contribution in [2.24, 2.45) is 5.92 Å². The van der Waals surface area contributed by atoms with Gasteiger partial charge in [-0.3, -0.25) is 0 Å². The van der Waals surface area contributed by atoms with Crippen molar-refractivity contribution in [2.45, 2.75) is 13.8 Å². The fourth-order valence-corrected chi connectivity index (χ4v) is 0.853. The average Bonchev–Trinajstić information content (AvgIpc) is 2.24. The molecule has 0 aliphatic carbocycles. The van der Waals surface area contributed by atoms with Crippen molar-refractivity contribution in [3.63, 3.8) is 0 Å². The van der Waals surface area contributed by atoms with E-state index in [1.54, 1.807) is 13.8 Å². The van der Waals surface area contributed by atoms with Crippen LogP contribution in [0.5, 0.6) is 0 Å². The van der Waals surface area contributed by atoms with E-state index in [0.29, 0.717) is 0 Å². The molecule has 0 rings (SSSR count). The van der Waals surface area contributed by atoms with Crippen LogP contribution in [0.2, 0.25) is 0 Å². The molecule has 0 amide bonds. The Hall–Kier alpha value is 0.0903. The molecule has 0 heterocycles. The quantitative estimate of drug-likeness (QED) is 0.564. The van der Waals surface area contributed by atoms with Gasteiger partial charge in [-0.05, 0) is 41.2 Å². The molecule has 19 heavy (non-hydrogen) atoms. The van der Waals surface area contributed by atoms with Crippen LogP contribution >= 0.6 is 0 Å². The number of carboxylic acids is 1. The minimum Gasteiger partial charge on any atom is -0.550 e. The fourth-order valence-electron chi connectivity index (χ4n) is 0.853. The van der Waals surface area contributed by atoms with E-state index in [2.05, 4.69) is 49.9 Å². The van der Waals surface area contributed by atoms with Gasteiger partial charge in [0.15, 0.2) is 0 Å². The third-order valence-electron chi connectivity index (χ3n) is 2.33. The fraction of sp³-hybridized carbons (Fsp3) is 0.923. The van der Waals surface area contributed by atoms with Crippen LogP contribution in [0.3, 0.4) is 0 Å². The van der Waals surface area contributed by atoms with E-state index in [0.717, 1.165) is 26.2 Å². The van der Waals surface area contributed by atoms with Crippen LogP contribution in [0.4, 0.5) is 0 Å². The summed E-state index contributed by atoms with van der Waals surface area (Å²) in [6.45, 7) is 7.75. The minimum absolute atomic E-state index is 0. The Balaban J connectivity index is -0.000000313. The molecule has 120 valence electrons. The Morgan fingerprint density at radius 2 is 1.16 bits per heavy atom. The molecule has 0 aromatic rings. The normalized spacial score (nSPS) is 10.5. The summed E-state index contributed by atoms with van der Waals surface area (Å²) >= 11 is 0. The first kappa shape index (κ1) is 24.1. The van der Waals surface area contributed by atoms with Crippen molar-refractivity contribution in [3.8, 4) is 0 Å². The zero-order chi connectivity index (χ0) is 14.7. The molecule has 0 fully saturated rings. The molecule has 0 saturated carbocycles. The number of carboxylic acid groups (broad SMARTS) is 1. The summed E-state index contributed by atoms with van der Waals surface area (Å²) in [5, 5.41) is 9.59. The Kier molecular flexibility index (Phi) is 18.4. The monoisotopic (exact) mass is 367 g/mol. The summed E-state index contributed by atoms with van der Waals surface area (Å²) < 4.78 is 0. The predicted octanol–water partition coefficient (Wildman–Crippen LogP) is -0.569. The summed E-state index contributed by atoms with van der Waals surface area (Å²) in [4.78, 5) is 16.4. The molecule has 0 unspecified atom stereocenters. The van der Waals surface area contributed by atoms with Gasteiger partial charge in [-0.1, -0.05) is 13.8 Å². The van der Waals surface area contributed by atoms with Crippen molar-refractivity contribution in [2.75, 3.05) is 61.4 Å². The van der Waals surface area contributed by atoms with Crippen LogP contribution in [0, 0.1) is 5.92 Å². The Labute approximate surface area is 134 Å². The van der Waals surface area contributed by atoms with Gasteiger partial charge in [0, 0.05) is 32.1 Å². The van der Waals surface area contributed by atoms with E-state index in [1.165, 1.54) is 0 Å². The van der Waals surface area contributed by atoms with E-state index in [4.69, 9.17) is 0 Å². The number of hydrogen-bond acceptors (Lipinski definition) is 5. The average molecular weight is 368 g/mol. The predicted molar refractivity (Wildman–Crippen MR) is 74.5 cm³/mol. The van der Waals surface area contributed by atoms with E-state index < -0.39 is 5.97 Å². The van der Waals surface area contributed by atoms with E-state index >= 15 is 0 Å². The molecule has 0 saturated heterocycles. The number of carbonyl (C=O) groups excluding carboxylic acids is 1. The third kappa shape index (κ3) is 23.6. The molecular formula is C13H30AgN3O2. The third-order valence-corrected chi connectivity index (χ3v) is 2.33. The maximum atomic E-state index is 9.59. The zero-order valence-electron chi connectivity index (χ0n) is 13.4. The molecule has 0 spiro atoms. The Morgan fingerprint density at radius 1 is 0.895 bits per heavy atom. The molecule has 5 nitrogen and oxygen atoms in total. The number of rotatable bonds is 7. The number of hydrogen-bond donors (Lipinski definition) is 0. The van der Waals surface area contributed by atoms with E-state index in [1.807, 2.05) is 0 Å². The summed E-state index contributed by atoms with van der Waals surface area (Å²) in [7, 11) is 10.6. The van der Waals surface area contributed by atoms with Crippen LogP contribution in [-0.4, -0.2) is 82.1 Å². The van der Waals surface area contributed by atoms with E-state index in [9.17, 15) is 9.90 Å². The van der Waals surface area contributed by atoms with Crippen LogP contribution in [-0.2, 0) is 27.2 Å². The second-order valence-electron chi connectivity index (χ2n) is 5.38. The number of nitrogens with zero attached hydrogens (tertiary/aromatic N) is 3. The molecule has 0 atom stereocenters. The Bertz CT molecular complexity index is 200. The van der Waals surface area contributed by atoms with Crippen LogP contribution in [0.1, 0.15) is 13.8 Å². The summed E-state index contributed by atoms with van der Waals surface area (Å²) in [5.41, 5.74) is 0. The van der Waals surface area contributed by atoms with Gasteiger partial charge in [-0.25, -0.2) is 0 Å². The first-order chi connectivity index (χ1) is 8.16. The smallest absolute Gasteiger partial charge is 0.550 e. The zero-order valence-corrected chi connectivity index (χ0v) is 14.8. The van der Waals surface area contributed by atoms with Crippen LogP contribution in [0.15, 0.2) is 0 Å². The largest absolute Gasteiger partial charge is 1.00 e. The minimum atomic E-state index is -0.991. The van der Waals surface area contributed by atoms with Crippen molar-refractivity contribution in [3.05, 3.63) is 0 Å². The SMILES string of the molecule is CC(C)C(=O)[O-].CN(C)CCN(C)CCN(C)C.[Ag+]. The topological polar surface area (TPSA) is 49.9 Å². The van der Waals surface area contributed by atoms with Crippen LogP contribution < -0.4 is 5.11 Å². The number of likely N-dealkylation sites (N-methyl/N-ethyl adjacent to an activating group) is 3. The number of carbonyl (C=O) groups is 1. The van der Waals surface area contributed by atoms with Crippen molar-refractivity contribution in [1.29, 1.82) is 0 Å². The molecule has 6 heteroatoms. The van der Waals surface area contributed by atoms with Crippen LogP contribution in [0.25, 0.3) is 0 Å². The van der Waals surface area contributed by atoms with Gasteiger partial charge in [0.05, 0.1) is 0 Å². The molecule has 0 aromatic carbocycles. The number of aliphatic carboxylic acids is 1. The molecular weight excluding hydrogens is 338 g/mol. The summed E-state index contributed by atoms with van der Waals surface area (Å²) in [6, 6.07) is 0. The standard InChI is InChI=1S/C9H23N3.C4H8O2.Ag/c1-10(2)6-8-12(5)9-7-11(3)4;1-3(2)4(5)6;/h6-9H2,1-5H3;3H,1-2H3,(H,5,6);/q;;+1/p-1. The maximum Gasteiger partial charge on any atom is 1.00 e. The van der Waals surface area contributed by atoms with Gasteiger partial charge >= 0.3 is 22.4 Å². The second-order valence-corrected chi connectivity index (χ2v) is 5.38. The molecule has 0 N–H and O–H groups in total. The van der Waals surface area contributed by atoms with Gasteiger partial charge in [0.25, 0.3) is 0 Å². The van der Waals surface area contributed by atoms with Crippen molar-refractivity contribution >= 4 is 5.97 Å². The van der Waals surface area contributed by atoms with Crippen molar-refractivity contribution in [1.82, 2.24) is 14.7 Å². The van der Waals surface area contributed by atoms with Gasteiger partial charge in [-0.15, -0.1) is 0 Å². The molecule has 0 aliphatic heterocycles. The second kappa shape index (κ2) is 14.5.